The third kappa shape index (κ3) is 3.84. The topological polar surface area (TPSA) is 56.0 Å². The number of nitriles is 1. The molecule has 0 aromatic heterocycles. The smallest absolute Gasteiger partial charge is 0.120 e. The summed E-state index contributed by atoms with van der Waals surface area (Å²) in [6.45, 7) is 4.90. The monoisotopic (exact) mass is 282 g/mol. The number of nitrogens with one attached hydrogen (secondary N) is 1. The Labute approximate surface area is 104 Å². The zero-order chi connectivity index (χ0) is 12.2. The molecule has 0 radical (unpaired) electrons. The predicted molar refractivity (Wildman–Crippen MR) is 66.9 cm³/mol. The third-order valence-electron chi connectivity index (χ3n) is 2.23. The zero-order valence-electron chi connectivity index (χ0n) is 9.42. The van der Waals surface area contributed by atoms with Crippen LogP contribution in [-0.4, -0.2) is 11.7 Å². The molecule has 0 fully saturated rings. The van der Waals surface area contributed by atoms with Crippen molar-refractivity contribution in [1.82, 2.24) is 5.32 Å². The average Bonchev–Trinajstić information content (AvgIpc) is 2.23. The van der Waals surface area contributed by atoms with E-state index in [1.54, 1.807) is 12.1 Å². The molecular formula is C12H15BrN2O. The molecule has 4 heteroatoms. The highest BCUT2D eigenvalue weighted by Crippen LogP contribution is 2.22. The number of hydrogen-bond acceptors (Lipinski definition) is 3. The molecule has 16 heavy (non-hydrogen) atoms. The van der Waals surface area contributed by atoms with Crippen LogP contribution in [0.4, 0.5) is 0 Å². The van der Waals surface area contributed by atoms with Crippen molar-refractivity contribution in [2.24, 2.45) is 5.41 Å². The minimum absolute atomic E-state index is 0.269. The first-order chi connectivity index (χ1) is 7.44. The van der Waals surface area contributed by atoms with Gasteiger partial charge in [-0.25, -0.2) is 0 Å². The summed E-state index contributed by atoms with van der Waals surface area (Å²) in [6.07, 6.45) is 0. The standard InChI is InChI=1S/C12H15BrN2O/c1-12(2,7-14)8-15-6-9-5-10(13)3-4-11(9)16/h3-5,15-16H,6,8H2,1-2H3. The Hall–Kier alpha value is -1.05. The van der Waals surface area contributed by atoms with Gasteiger partial charge in [0.2, 0.25) is 0 Å². The fourth-order valence-electron chi connectivity index (χ4n) is 1.24. The van der Waals surface area contributed by atoms with Crippen LogP contribution in [0.25, 0.3) is 0 Å². The van der Waals surface area contributed by atoms with Crippen LogP contribution >= 0.6 is 15.9 Å². The maximum atomic E-state index is 9.60. The van der Waals surface area contributed by atoms with Crippen molar-refractivity contribution in [3.05, 3.63) is 28.2 Å². The Morgan fingerprint density at radius 3 is 2.81 bits per heavy atom. The van der Waals surface area contributed by atoms with Crippen molar-refractivity contribution in [1.29, 1.82) is 5.26 Å². The van der Waals surface area contributed by atoms with Crippen molar-refractivity contribution >= 4 is 15.9 Å². The number of aromatic hydroxyl groups is 1. The van der Waals surface area contributed by atoms with Gasteiger partial charge in [-0.05, 0) is 32.0 Å². The molecule has 0 atom stereocenters. The van der Waals surface area contributed by atoms with Crippen LogP contribution in [0.5, 0.6) is 5.75 Å². The largest absolute Gasteiger partial charge is 0.508 e. The van der Waals surface area contributed by atoms with Gasteiger partial charge in [0.1, 0.15) is 5.75 Å². The number of rotatable bonds is 4. The highest BCUT2D eigenvalue weighted by molar-refractivity contribution is 9.10. The molecule has 1 rings (SSSR count). The van der Waals surface area contributed by atoms with Crippen LogP contribution in [0, 0.1) is 16.7 Å². The molecule has 3 nitrogen and oxygen atoms in total. The van der Waals surface area contributed by atoms with Crippen LogP contribution < -0.4 is 5.32 Å². The fraction of sp³-hybridized carbons (Fsp3) is 0.417. The van der Waals surface area contributed by atoms with Crippen molar-refractivity contribution in [3.63, 3.8) is 0 Å². The summed E-state index contributed by atoms with van der Waals surface area (Å²) in [5.74, 6) is 0.269. The van der Waals surface area contributed by atoms with Crippen LogP contribution in [0.1, 0.15) is 19.4 Å². The molecular weight excluding hydrogens is 268 g/mol. The number of phenolic OH excluding ortho intramolecular Hbond substituents is 1. The normalized spacial score (nSPS) is 11.1. The molecule has 0 unspecified atom stereocenters. The maximum Gasteiger partial charge on any atom is 0.120 e. The van der Waals surface area contributed by atoms with E-state index in [0.29, 0.717) is 13.1 Å². The van der Waals surface area contributed by atoms with Gasteiger partial charge in [-0.15, -0.1) is 0 Å². The van der Waals surface area contributed by atoms with E-state index in [1.807, 2.05) is 19.9 Å². The first kappa shape index (κ1) is 13.0. The Morgan fingerprint density at radius 2 is 2.19 bits per heavy atom. The molecule has 1 aromatic carbocycles. The third-order valence-corrected chi connectivity index (χ3v) is 2.72. The second-order valence-electron chi connectivity index (χ2n) is 4.37. The molecule has 0 saturated heterocycles. The lowest BCUT2D eigenvalue weighted by atomic mass is 9.96. The molecule has 2 N–H and O–H groups in total. The summed E-state index contributed by atoms with van der Waals surface area (Å²) in [6, 6.07) is 7.52. The maximum absolute atomic E-state index is 9.60. The van der Waals surface area contributed by atoms with Crippen LogP contribution in [0.2, 0.25) is 0 Å². The minimum atomic E-state index is -0.387. The number of phenols is 1. The van der Waals surface area contributed by atoms with E-state index >= 15 is 0 Å². The average molecular weight is 283 g/mol. The summed E-state index contributed by atoms with van der Waals surface area (Å²) < 4.78 is 0.932. The van der Waals surface area contributed by atoms with E-state index < -0.39 is 0 Å². The van der Waals surface area contributed by atoms with Crippen LogP contribution in [0.3, 0.4) is 0 Å². The van der Waals surface area contributed by atoms with Gasteiger partial charge in [0, 0.05) is 23.1 Å². The van der Waals surface area contributed by atoms with E-state index in [2.05, 4.69) is 27.3 Å². The summed E-state index contributed by atoms with van der Waals surface area (Å²) in [7, 11) is 0. The van der Waals surface area contributed by atoms with Crippen LogP contribution in [-0.2, 0) is 6.54 Å². The molecule has 0 aliphatic carbocycles. The molecule has 0 aliphatic heterocycles. The number of hydrogen-bond donors (Lipinski definition) is 2. The Bertz CT molecular complexity index is 410. The number of halogens is 1. The summed E-state index contributed by atoms with van der Waals surface area (Å²) in [5, 5.41) is 21.6. The molecule has 0 aliphatic rings. The number of benzene rings is 1. The Kier molecular flexibility index (Phi) is 4.34. The van der Waals surface area contributed by atoms with Gasteiger partial charge in [0.05, 0.1) is 11.5 Å². The SMILES string of the molecule is CC(C)(C#N)CNCc1cc(Br)ccc1O. The van der Waals surface area contributed by atoms with E-state index in [-0.39, 0.29) is 11.2 Å². The molecule has 0 spiro atoms. The van der Waals surface area contributed by atoms with Gasteiger partial charge < -0.3 is 10.4 Å². The predicted octanol–water partition coefficient (Wildman–Crippen LogP) is 2.79. The van der Waals surface area contributed by atoms with Gasteiger partial charge in [-0.3, -0.25) is 0 Å². The minimum Gasteiger partial charge on any atom is -0.508 e. The lowest BCUT2D eigenvalue weighted by Crippen LogP contribution is -2.27. The van der Waals surface area contributed by atoms with E-state index in [1.165, 1.54) is 0 Å². The van der Waals surface area contributed by atoms with Crippen molar-refractivity contribution < 1.29 is 5.11 Å². The van der Waals surface area contributed by atoms with E-state index in [9.17, 15) is 5.11 Å². The molecule has 0 saturated carbocycles. The Morgan fingerprint density at radius 1 is 1.50 bits per heavy atom. The van der Waals surface area contributed by atoms with Gasteiger partial charge in [-0.2, -0.15) is 5.26 Å². The van der Waals surface area contributed by atoms with Gasteiger partial charge in [0.25, 0.3) is 0 Å². The fourth-order valence-corrected chi connectivity index (χ4v) is 1.65. The second kappa shape index (κ2) is 5.33. The van der Waals surface area contributed by atoms with Crippen molar-refractivity contribution in [3.8, 4) is 11.8 Å². The van der Waals surface area contributed by atoms with Crippen molar-refractivity contribution in [2.75, 3.05) is 6.54 Å². The molecule has 1 aromatic rings. The second-order valence-corrected chi connectivity index (χ2v) is 5.29. The summed E-state index contributed by atoms with van der Waals surface area (Å²) >= 11 is 3.35. The van der Waals surface area contributed by atoms with Crippen LogP contribution in [0.15, 0.2) is 22.7 Å². The van der Waals surface area contributed by atoms with E-state index in [4.69, 9.17) is 5.26 Å². The summed E-state index contributed by atoms with van der Waals surface area (Å²) in [5.41, 5.74) is 0.435. The lowest BCUT2D eigenvalue weighted by Gasteiger charge is -2.16. The quantitative estimate of drug-likeness (QED) is 0.893. The van der Waals surface area contributed by atoms with Gasteiger partial charge >= 0.3 is 0 Å². The lowest BCUT2D eigenvalue weighted by molar-refractivity contribution is 0.432. The Balaban J connectivity index is 2.56. The first-order valence-electron chi connectivity index (χ1n) is 5.04. The van der Waals surface area contributed by atoms with Gasteiger partial charge in [0.15, 0.2) is 0 Å². The molecule has 0 heterocycles. The summed E-state index contributed by atoms with van der Waals surface area (Å²) in [4.78, 5) is 0. The molecule has 0 amide bonds. The molecule has 0 bridgehead atoms. The highest BCUT2D eigenvalue weighted by atomic mass is 79.9. The zero-order valence-corrected chi connectivity index (χ0v) is 11.0. The first-order valence-corrected chi connectivity index (χ1v) is 5.83. The number of nitrogens with zero attached hydrogens (tertiary/aromatic N) is 1. The van der Waals surface area contributed by atoms with Crippen molar-refractivity contribution in [2.45, 2.75) is 20.4 Å². The molecule has 86 valence electrons. The highest BCUT2D eigenvalue weighted by Gasteiger charge is 2.15. The van der Waals surface area contributed by atoms with E-state index in [0.717, 1.165) is 10.0 Å². The van der Waals surface area contributed by atoms with Gasteiger partial charge in [-0.1, -0.05) is 15.9 Å².